The molecule has 1 aromatic heterocycles. The summed E-state index contributed by atoms with van der Waals surface area (Å²) < 4.78 is 0. The van der Waals surface area contributed by atoms with E-state index in [4.69, 9.17) is 4.84 Å². The summed E-state index contributed by atoms with van der Waals surface area (Å²) in [4.78, 5) is 7.53. The molecule has 13 heavy (non-hydrogen) atoms. The quantitative estimate of drug-likeness (QED) is 0.756. The Labute approximate surface area is 83.9 Å². The lowest BCUT2D eigenvalue weighted by atomic mass is 9.95. The van der Waals surface area contributed by atoms with Crippen LogP contribution < -0.4 is 5.48 Å². The van der Waals surface area contributed by atoms with Gasteiger partial charge in [-0.2, -0.15) is 5.48 Å². The molecule has 1 N–H and O–H groups in total. The molecular formula is C10H17NOS. The predicted octanol–water partition coefficient (Wildman–Crippen LogP) is 2.70. The van der Waals surface area contributed by atoms with Gasteiger partial charge in [0.1, 0.15) is 0 Å². The van der Waals surface area contributed by atoms with Crippen LogP contribution in [-0.2, 0) is 16.8 Å². The molecule has 0 spiro atoms. The summed E-state index contributed by atoms with van der Waals surface area (Å²) >= 11 is 1.84. The first-order valence-electron chi connectivity index (χ1n) is 4.39. The van der Waals surface area contributed by atoms with Crippen molar-refractivity contribution < 1.29 is 4.84 Å². The minimum atomic E-state index is 0.260. The van der Waals surface area contributed by atoms with Crippen molar-refractivity contribution in [1.82, 2.24) is 5.48 Å². The second-order valence-corrected chi connectivity index (χ2v) is 5.21. The van der Waals surface area contributed by atoms with Crippen LogP contribution in [0, 0.1) is 0 Å². The van der Waals surface area contributed by atoms with E-state index in [1.54, 1.807) is 7.11 Å². The van der Waals surface area contributed by atoms with Gasteiger partial charge in [-0.25, -0.2) is 0 Å². The molecule has 2 nitrogen and oxygen atoms in total. The lowest BCUT2D eigenvalue weighted by Gasteiger charge is -2.15. The highest BCUT2D eigenvalue weighted by Crippen LogP contribution is 2.29. The number of hydrogen-bond donors (Lipinski definition) is 1. The number of rotatable bonds is 3. The molecule has 0 saturated carbocycles. The highest BCUT2D eigenvalue weighted by Gasteiger charge is 2.15. The van der Waals surface area contributed by atoms with E-state index in [-0.39, 0.29) is 5.41 Å². The van der Waals surface area contributed by atoms with E-state index in [1.807, 2.05) is 11.3 Å². The summed E-state index contributed by atoms with van der Waals surface area (Å²) in [6, 6.07) is 4.34. The van der Waals surface area contributed by atoms with Crippen LogP contribution in [0.3, 0.4) is 0 Å². The summed E-state index contributed by atoms with van der Waals surface area (Å²) in [5.74, 6) is 0. The molecule has 0 aliphatic carbocycles. The average molecular weight is 199 g/mol. The van der Waals surface area contributed by atoms with Gasteiger partial charge in [-0.1, -0.05) is 20.8 Å². The Balaban J connectivity index is 2.64. The fourth-order valence-electron chi connectivity index (χ4n) is 1.02. The lowest BCUT2D eigenvalue weighted by molar-refractivity contribution is 0.0874. The number of hydrogen-bond acceptors (Lipinski definition) is 3. The van der Waals surface area contributed by atoms with Gasteiger partial charge in [0.15, 0.2) is 0 Å². The molecule has 0 fully saturated rings. The Morgan fingerprint density at radius 1 is 1.38 bits per heavy atom. The molecule has 0 aliphatic heterocycles. The van der Waals surface area contributed by atoms with Crippen molar-refractivity contribution in [2.45, 2.75) is 32.7 Å². The zero-order valence-corrected chi connectivity index (χ0v) is 9.49. The van der Waals surface area contributed by atoms with E-state index in [1.165, 1.54) is 9.75 Å². The van der Waals surface area contributed by atoms with E-state index in [0.29, 0.717) is 0 Å². The number of thiophene rings is 1. The van der Waals surface area contributed by atoms with E-state index < -0.39 is 0 Å². The molecule has 0 aromatic carbocycles. The molecule has 0 aliphatic rings. The zero-order chi connectivity index (χ0) is 9.90. The van der Waals surface area contributed by atoms with Gasteiger partial charge >= 0.3 is 0 Å². The van der Waals surface area contributed by atoms with E-state index in [0.717, 1.165) is 6.54 Å². The SMILES string of the molecule is CONCc1ccc(C(C)(C)C)s1. The summed E-state index contributed by atoms with van der Waals surface area (Å²) in [5.41, 5.74) is 3.10. The maximum atomic E-state index is 4.80. The average Bonchev–Trinajstić information content (AvgIpc) is 2.47. The molecule has 0 radical (unpaired) electrons. The van der Waals surface area contributed by atoms with E-state index >= 15 is 0 Å². The normalized spacial score (nSPS) is 12.0. The molecular weight excluding hydrogens is 182 g/mol. The Morgan fingerprint density at radius 2 is 2.08 bits per heavy atom. The third-order valence-corrected chi connectivity index (χ3v) is 3.30. The van der Waals surface area contributed by atoms with Crippen LogP contribution in [0.2, 0.25) is 0 Å². The van der Waals surface area contributed by atoms with Crippen molar-refractivity contribution in [2.24, 2.45) is 0 Å². The van der Waals surface area contributed by atoms with E-state index in [2.05, 4.69) is 38.4 Å². The number of nitrogens with one attached hydrogen (secondary N) is 1. The van der Waals surface area contributed by atoms with Gasteiger partial charge in [0, 0.05) is 9.75 Å². The van der Waals surface area contributed by atoms with Crippen molar-refractivity contribution >= 4 is 11.3 Å². The molecule has 0 saturated heterocycles. The van der Waals surface area contributed by atoms with Crippen molar-refractivity contribution in [3.63, 3.8) is 0 Å². The Kier molecular flexibility index (Phi) is 3.47. The molecule has 1 rings (SSSR count). The van der Waals surface area contributed by atoms with Crippen LogP contribution >= 0.6 is 11.3 Å². The van der Waals surface area contributed by atoms with Crippen LogP contribution in [0.5, 0.6) is 0 Å². The van der Waals surface area contributed by atoms with Crippen molar-refractivity contribution in [3.8, 4) is 0 Å². The molecule has 0 bridgehead atoms. The summed E-state index contributed by atoms with van der Waals surface area (Å²) in [5, 5.41) is 0. The van der Waals surface area contributed by atoms with Gasteiger partial charge < -0.3 is 4.84 Å². The predicted molar refractivity (Wildman–Crippen MR) is 56.9 cm³/mol. The van der Waals surface area contributed by atoms with Gasteiger partial charge in [-0.15, -0.1) is 11.3 Å². The van der Waals surface area contributed by atoms with Gasteiger partial charge in [-0.3, -0.25) is 0 Å². The van der Waals surface area contributed by atoms with Gasteiger partial charge in [0.2, 0.25) is 0 Å². The van der Waals surface area contributed by atoms with Crippen LogP contribution in [0.4, 0.5) is 0 Å². The van der Waals surface area contributed by atoms with Crippen LogP contribution in [0.25, 0.3) is 0 Å². The monoisotopic (exact) mass is 199 g/mol. The molecule has 0 atom stereocenters. The molecule has 74 valence electrons. The van der Waals surface area contributed by atoms with Gasteiger partial charge in [-0.05, 0) is 17.5 Å². The van der Waals surface area contributed by atoms with Crippen LogP contribution in [-0.4, -0.2) is 7.11 Å². The first-order chi connectivity index (χ1) is 6.04. The molecule has 1 aromatic rings. The first-order valence-corrected chi connectivity index (χ1v) is 5.20. The second kappa shape index (κ2) is 4.22. The van der Waals surface area contributed by atoms with Crippen molar-refractivity contribution in [1.29, 1.82) is 0 Å². The Hall–Kier alpha value is -0.380. The molecule has 1 heterocycles. The third-order valence-electron chi connectivity index (χ3n) is 1.79. The summed E-state index contributed by atoms with van der Waals surface area (Å²) in [7, 11) is 1.64. The molecule has 0 amide bonds. The molecule has 3 heteroatoms. The third kappa shape index (κ3) is 3.10. The van der Waals surface area contributed by atoms with Crippen LogP contribution in [0.1, 0.15) is 30.5 Å². The minimum Gasteiger partial charge on any atom is -0.305 e. The maximum Gasteiger partial charge on any atom is 0.0572 e. The van der Waals surface area contributed by atoms with Gasteiger partial charge in [0.25, 0.3) is 0 Å². The van der Waals surface area contributed by atoms with Crippen molar-refractivity contribution in [2.75, 3.05) is 7.11 Å². The zero-order valence-electron chi connectivity index (χ0n) is 8.68. The Bertz CT molecular complexity index is 262. The largest absolute Gasteiger partial charge is 0.305 e. The second-order valence-electron chi connectivity index (χ2n) is 4.04. The smallest absolute Gasteiger partial charge is 0.0572 e. The highest BCUT2D eigenvalue weighted by atomic mass is 32.1. The van der Waals surface area contributed by atoms with Crippen molar-refractivity contribution in [3.05, 3.63) is 21.9 Å². The summed E-state index contributed by atoms with van der Waals surface area (Å²) in [6.45, 7) is 7.47. The highest BCUT2D eigenvalue weighted by molar-refractivity contribution is 7.12. The van der Waals surface area contributed by atoms with Gasteiger partial charge in [0.05, 0.1) is 13.7 Å². The van der Waals surface area contributed by atoms with E-state index in [9.17, 15) is 0 Å². The molecule has 0 unspecified atom stereocenters. The minimum absolute atomic E-state index is 0.260. The standard InChI is InChI=1S/C10H17NOS/c1-10(2,3)9-6-5-8(13-9)7-11-12-4/h5-6,11H,7H2,1-4H3. The fraction of sp³-hybridized carbons (Fsp3) is 0.600. The fourth-order valence-corrected chi connectivity index (χ4v) is 2.01. The first kappa shape index (κ1) is 10.7. The topological polar surface area (TPSA) is 21.3 Å². The maximum absolute atomic E-state index is 4.80. The lowest BCUT2D eigenvalue weighted by Crippen LogP contribution is -2.09. The Morgan fingerprint density at radius 3 is 2.54 bits per heavy atom. The summed E-state index contributed by atoms with van der Waals surface area (Å²) in [6.07, 6.45) is 0. The van der Waals surface area contributed by atoms with Crippen LogP contribution in [0.15, 0.2) is 12.1 Å². The number of hydroxylamine groups is 1.